The molecule has 1 aliphatic rings. The van der Waals surface area contributed by atoms with Gasteiger partial charge in [0.05, 0.1) is 11.5 Å². The van der Waals surface area contributed by atoms with E-state index in [2.05, 4.69) is 55.6 Å². The predicted molar refractivity (Wildman–Crippen MR) is 112 cm³/mol. The van der Waals surface area contributed by atoms with Crippen molar-refractivity contribution < 1.29 is 14.6 Å². The molecule has 1 aliphatic heterocycles. The highest BCUT2D eigenvalue weighted by atomic mass is 16.5. The number of carbonyl (C=O) groups excluding carboxylic acids is 1. The van der Waals surface area contributed by atoms with Gasteiger partial charge in [0.2, 0.25) is 5.91 Å². The average Bonchev–Trinajstić information content (AvgIpc) is 2.67. The summed E-state index contributed by atoms with van der Waals surface area (Å²) in [5.41, 5.74) is 5.58. The fraction of sp³-hybridized carbons (Fsp3) is 0.458. The molecule has 1 fully saturated rings. The minimum absolute atomic E-state index is 0.0205. The third-order valence-corrected chi connectivity index (χ3v) is 5.71. The van der Waals surface area contributed by atoms with Gasteiger partial charge in [0.25, 0.3) is 0 Å². The van der Waals surface area contributed by atoms with E-state index < -0.39 is 11.5 Å². The van der Waals surface area contributed by atoms with Gasteiger partial charge in [-0.05, 0) is 62.3 Å². The van der Waals surface area contributed by atoms with Crippen LogP contribution >= 0.6 is 0 Å². The maximum atomic E-state index is 13.1. The monoisotopic (exact) mass is 381 g/mol. The number of aliphatic hydroxyl groups is 1. The maximum Gasteiger partial charge on any atom is 0.226 e. The van der Waals surface area contributed by atoms with Gasteiger partial charge in [0.15, 0.2) is 0 Å². The van der Waals surface area contributed by atoms with Crippen molar-refractivity contribution >= 4 is 5.91 Å². The number of aryl methyl sites for hydroxylation is 2. The van der Waals surface area contributed by atoms with E-state index >= 15 is 0 Å². The van der Waals surface area contributed by atoms with E-state index in [0.29, 0.717) is 32.5 Å². The fourth-order valence-electron chi connectivity index (χ4n) is 4.09. The normalized spacial score (nSPS) is 17.1. The lowest BCUT2D eigenvalue weighted by molar-refractivity contribution is -0.137. The van der Waals surface area contributed by atoms with Gasteiger partial charge >= 0.3 is 0 Å². The summed E-state index contributed by atoms with van der Waals surface area (Å²) in [6.45, 7) is 7.39. The number of amides is 1. The molecule has 4 heteroatoms. The Morgan fingerprint density at radius 2 is 1.86 bits per heavy atom. The molecule has 0 radical (unpaired) electrons. The topological polar surface area (TPSA) is 58.6 Å². The van der Waals surface area contributed by atoms with E-state index in [9.17, 15) is 9.90 Å². The largest absolute Gasteiger partial charge is 0.392 e. The van der Waals surface area contributed by atoms with Crippen molar-refractivity contribution in [2.75, 3.05) is 19.8 Å². The summed E-state index contributed by atoms with van der Waals surface area (Å²) in [4.78, 5) is 13.1. The summed E-state index contributed by atoms with van der Waals surface area (Å²) in [6, 6.07) is 14.9. The van der Waals surface area contributed by atoms with Gasteiger partial charge in [0.1, 0.15) is 0 Å². The first-order valence-electron chi connectivity index (χ1n) is 10.1. The Morgan fingerprint density at radius 1 is 1.14 bits per heavy atom. The zero-order chi connectivity index (χ0) is 20.1. The van der Waals surface area contributed by atoms with Crippen LogP contribution in [0.5, 0.6) is 0 Å². The Hall–Kier alpha value is -2.17. The molecule has 0 bridgehead atoms. The summed E-state index contributed by atoms with van der Waals surface area (Å²) >= 11 is 0. The Balaban J connectivity index is 1.94. The van der Waals surface area contributed by atoms with Crippen LogP contribution in [0.4, 0.5) is 0 Å². The van der Waals surface area contributed by atoms with Crippen LogP contribution in [0.25, 0.3) is 11.1 Å². The highest BCUT2D eigenvalue weighted by Gasteiger charge is 2.40. The van der Waals surface area contributed by atoms with Crippen molar-refractivity contribution in [2.24, 2.45) is 5.41 Å². The van der Waals surface area contributed by atoms with Crippen molar-refractivity contribution in [1.29, 1.82) is 0 Å². The third-order valence-electron chi connectivity index (χ3n) is 5.71. The first-order chi connectivity index (χ1) is 13.4. The summed E-state index contributed by atoms with van der Waals surface area (Å²) in [6.07, 6.45) is 1.51. The molecule has 1 saturated heterocycles. The number of benzene rings is 2. The molecular formula is C24H31NO3. The molecule has 0 spiro atoms. The van der Waals surface area contributed by atoms with Crippen molar-refractivity contribution in [3.63, 3.8) is 0 Å². The molecular weight excluding hydrogens is 350 g/mol. The van der Waals surface area contributed by atoms with Crippen molar-refractivity contribution in [1.82, 2.24) is 5.32 Å². The van der Waals surface area contributed by atoms with Crippen LogP contribution in [0.2, 0.25) is 0 Å². The van der Waals surface area contributed by atoms with Crippen LogP contribution in [0.3, 0.4) is 0 Å². The van der Waals surface area contributed by atoms with Crippen LogP contribution in [-0.2, 0) is 16.0 Å². The molecule has 150 valence electrons. The lowest BCUT2D eigenvalue weighted by atomic mass is 9.73. The molecule has 1 atom stereocenters. The number of rotatable bonds is 6. The Labute approximate surface area is 167 Å². The molecule has 2 aromatic carbocycles. The van der Waals surface area contributed by atoms with E-state index in [4.69, 9.17) is 4.74 Å². The second-order valence-electron chi connectivity index (χ2n) is 8.10. The van der Waals surface area contributed by atoms with Gasteiger partial charge in [0, 0.05) is 19.8 Å². The molecule has 0 aromatic heterocycles. The van der Waals surface area contributed by atoms with Crippen molar-refractivity contribution in [3.05, 3.63) is 59.2 Å². The lowest BCUT2D eigenvalue weighted by Gasteiger charge is -2.36. The molecule has 1 unspecified atom stereocenters. The number of aliphatic hydroxyl groups excluding tert-OH is 1. The summed E-state index contributed by atoms with van der Waals surface area (Å²) < 4.78 is 5.56. The fourth-order valence-corrected chi connectivity index (χ4v) is 4.09. The number of hydrogen-bond acceptors (Lipinski definition) is 3. The molecule has 4 nitrogen and oxygen atoms in total. The van der Waals surface area contributed by atoms with E-state index in [-0.39, 0.29) is 12.5 Å². The Morgan fingerprint density at radius 3 is 2.54 bits per heavy atom. The third kappa shape index (κ3) is 4.62. The van der Waals surface area contributed by atoms with Gasteiger partial charge < -0.3 is 15.2 Å². The number of hydrogen-bond donors (Lipinski definition) is 2. The molecule has 1 heterocycles. The van der Waals surface area contributed by atoms with Gasteiger partial charge in [-0.15, -0.1) is 0 Å². The minimum Gasteiger partial charge on any atom is -0.392 e. The molecule has 2 N–H and O–H groups in total. The van der Waals surface area contributed by atoms with Crippen LogP contribution in [0.15, 0.2) is 42.5 Å². The highest BCUT2D eigenvalue weighted by Crippen LogP contribution is 2.38. The molecule has 1 amide bonds. The summed E-state index contributed by atoms with van der Waals surface area (Å²) in [5.74, 6) is 0.0205. The summed E-state index contributed by atoms with van der Waals surface area (Å²) in [5, 5.41) is 12.5. The number of nitrogens with one attached hydrogen (secondary N) is 1. The van der Waals surface area contributed by atoms with E-state index in [1.54, 1.807) is 6.92 Å². The van der Waals surface area contributed by atoms with Crippen LogP contribution in [-0.4, -0.2) is 36.9 Å². The van der Waals surface area contributed by atoms with Gasteiger partial charge in [-0.2, -0.15) is 0 Å². The maximum absolute atomic E-state index is 13.1. The molecule has 0 aliphatic carbocycles. The van der Waals surface area contributed by atoms with Gasteiger partial charge in [-0.3, -0.25) is 4.79 Å². The average molecular weight is 382 g/mol. The van der Waals surface area contributed by atoms with Crippen LogP contribution in [0.1, 0.15) is 36.5 Å². The zero-order valence-corrected chi connectivity index (χ0v) is 17.1. The highest BCUT2D eigenvalue weighted by molar-refractivity contribution is 5.84. The second kappa shape index (κ2) is 8.89. The first-order valence-corrected chi connectivity index (χ1v) is 10.1. The standard InChI is InChI=1S/C24H31NO3/c1-17-8-9-21(18(2)14-17)22-7-5-4-6-20(22)15-24(10-12-28-13-11-24)23(27)25-16-19(3)26/h4-9,14,19,26H,10-13,15-16H2,1-3H3,(H,25,27). The predicted octanol–water partition coefficient (Wildman–Crippen LogP) is 3.81. The first kappa shape index (κ1) is 20.6. The Bertz CT molecular complexity index is 822. The Kier molecular flexibility index (Phi) is 6.53. The van der Waals surface area contributed by atoms with E-state index in [1.165, 1.54) is 27.8 Å². The van der Waals surface area contributed by atoms with Crippen molar-refractivity contribution in [3.8, 4) is 11.1 Å². The van der Waals surface area contributed by atoms with Gasteiger partial charge in [-0.1, -0.05) is 48.0 Å². The SMILES string of the molecule is Cc1ccc(-c2ccccc2CC2(C(=O)NCC(C)O)CCOCC2)c(C)c1. The molecule has 28 heavy (non-hydrogen) atoms. The minimum atomic E-state index is -0.552. The summed E-state index contributed by atoms with van der Waals surface area (Å²) in [7, 11) is 0. The van der Waals surface area contributed by atoms with Crippen molar-refractivity contribution in [2.45, 2.75) is 46.1 Å². The number of ether oxygens (including phenoxy) is 1. The zero-order valence-electron chi connectivity index (χ0n) is 17.1. The van der Waals surface area contributed by atoms with E-state index in [0.717, 1.165) is 0 Å². The second-order valence-corrected chi connectivity index (χ2v) is 8.10. The van der Waals surface area contributed by atoms with Crippen LogP contribution in [0, 0.1) is 19.3 Å². The molecule has 0 saturated carbocycles. The lowest BCUT2D eigenvalue weighted by Crippen LogP contribution is -2.47. The van der Waals surface area contributed by atoms with Crippen LogP contribution < -0.4 is 5.32 Å². The molecule has 3 rings (SSSR count). The molecule has 2 aromatic rings. The number of carbonyl (C=O) groups is 1. The smallest absolute Gasteiger partial charge is 0.226 e. The quantitative estimate of drug-likeness (QED) is 0.800. The van der Waals surface area contributed by atoms with E-state index in [1.807, 2.05) is 6.07 Å². The van der Waals surface area contributed by atoms with Gasteiger partial charge in [-0.25, -0.2) is 0 Å².